The molecule has 1 fully saturated rings. The van der Waals surface area contributed by atoms with Crippen molar-refractivity contribution >= 4 is 17.5 Å². The Kier molecular flexibility index (Phi) is 6.25. The van der Waals surface area contributed by atoms with Crippen LogP contribution in [0.15, 0.2) is 77.4 Å². The smallest absolute Gasteiger partial charge is 0.289 e. The zero-order chi connectivity index (χ0) is 20.8. The van der Waals surface area contributed by atoms with E-state index in [2.05, 4.69) is 23.5 Å². The van der Waals surface area contributed by atoms with Crippen LogP contribution in [0.2, 0.25) is 0 Å². The van der Waals surface area contributed by atoms with E-state index in [4.69, 9.17) is 4.42 Å². The van der Waals surface area contributed by atoms with Gasteiger partial charge in [-0.2, -0.15) is 0 Å². The Morgan fingerprint density at radius 2 is 1.67 bits per heavy atom. The Bertz CT molecular complexity index is 978. The number of benzene rings is 2. The lowest BCUT2D eigenvalue weighted by Gasteiger charge is -2.31. The van der Waals surface area contributed by atoms with Crippen LogP contribution in [-0.2, 0) is 11.2 Å². The summed E-state index contributed by atoms with van der Waals surface area (Å²) in [5, 5.41) is 3.08. The van der Waals surface area contributed by atoms with Gasteiger partial charge in [-0.25, -0.2) is 0 Å². The first-order valence-electron chi connectivity index (χ1n) is 10.3. The fourth-order valence-electron chi connectivity index (χ4n) is 3.79. The van der Waals surface area contributed by atoms with Crippen molar-refractivity contribution in [3.63, 3.8) is 0 Å². The molecule has 2 aromatic carbocycles. The van der Waals surface area contributed by atoms with Gasteiger partial charge in [0.25, 0.3) is 11.8 Å². The summed E-state index contributed by atoms with van der Waals surface area (Å²) in [5.74, 6) is 0.279. The third-order valence-electron chi connectivity index (χ3n) is 5.43. The Balaban J connectivity index is 1.30. The maximum Gasteiger partial charge on any atom is 0.289 e. The number of piperazine rings is 1. The fourth-order valence-corrected chi connectivity index (χ4v) is 3.79. The number of nitrogens with zero attached hydrogens (tertiary/aromatic N) is 1. The molecule has 30 heavy (non-hydrogen) atoms. The maximum absolute atomic E-state index is 12.7. The standard InChI is InChI=1S/C24H25N3O3/c28-23(18-26-12-14-27(15-13-26)24(29)22-11-6-16-30-22)25-21-10-5-4-9-20(21)17-19-7-2-1-3-8-19/h1-11,16H,12-15,17-18H2,(H,25,28)/p+1. The normalized spacial score (nSPS) is 14.5. The van der Waals surface area contributed by atoms with Gasteiger partial charge >= 0.3 is 0 Å². The summed E-state index contributed by atoms with van der Waals surface area (Å²) in [7, 11) is 0. The quantitative estimate of drug-likeness (QED) is 0.659. The molecule has 0 saturated carbocycles. The van der Waals surface area contributed by atoms with E-state index in [1.807, 2.05) is 36.4 Å². The second-order valence-corrected chi connectivity index (χ2v) is 7.56. The first-order chi connectivity index (χ1) is 14.7. The molecule has 154 valence electrons. The van der Waals surface area contributed by atoms with Crippen LogP contribution in [-0.4, -0.2) is 49.4 Å². The molecule has 1 aliphatic rings. The van der Waals surface area contributed by atoms with Gasteiger partial charge in [-0.1, -0.05) is 48.5 Å². The van der Waals surface area contributed by atoms with Crippen LogP contribution in [0.4, 0.5) is 5.69 Å². The van der Waals surface area contributed by atoms with Gasteiger partial charge < -0.3 is 19.5 Å². The van der Waals surface area contributed by atoms with E-state index in [9.17, 15) is 9.59 Å². The van der Waals surface area contributed by atoms with E-state index >= 15 is 0 Å². The molecule has 1 aliphatic heterocycles. The molecule has 0 radical (unpaired) electrons. The maximum atomic E-state index is 12.7. The van der Waals surface area contributed by atoms with Crippen molar-refractivity contribution in [3.05, 3.63) is 89.9 Å². The Morgan fingerprint density at radius 3 is 2.40 bits per heavy atom. The van der Waals surface area contributed by atoms with Crippen LogP contribution < -0.4 is 10.2 Å². The van der Waals surface area contributed by atoms with Crippen molar-refractivity contribution in [2.75, 3.05) is 38.0 Å². The highest BCUT2D eigenvalue weighted by molar-refractivity contribution is 5.92. The van der Waals surface area contributed by atoms with Crippen molar-refractivity contribution in [2.24, 2.45) is 0 Å². The molecule has 2 amide bonds. The molecule has 1 aromatic heterocycles. The number of para-hydroxylation sites is 1. The first-order valence-corrected chi connectivity index (χ1v) is 10.3. The van der Waals surface area contributed by atoms with Gasteiger partial charge in [-0.05, 0) is 35.7 Å². The van der Waals surface area contributed by atoms with Gasteiger partial charge in [-0.15, -0.1) is 0 Å². The lowest BCUT2D eigenvalue weighted by Crippen LogP contribution is -3.15. The number of nitrogens with one attached hydrogen (secondary N) is 2. The van der Waals surface area contributed by atoms with Crippen LogP contribution in [0.25, 0.3) is 0 Å². The van der Waals surface area contributed by atoms with Crippen molar-refractivity contribution < 1.29 is 18.9 Å². The predicted molar refractivity (Wildman–Crippen MR) is 114 cm³/mol. The third kappa shape index (κ3) is 4.96. The highest BCUT2D eigenvalue weighted by atomic mass is 16.3. The van der Waals surface area contributed by atoms with Gasteiger partial charge in [0.05, 0.1) is 32.4 Å². The molecule has 0 spiro atoms. The van der Waals surface area contributed by atoms with Gasteiger partial charge in [-0.3, -0.25) is 9.59 Å². The van der Waals surface area contributed by atoms with Gasteiger partial charge in [0.2, 0.25) is 0 Å². The first kappa shape index (κ1) is 19.9. The van der Waals surface area contributed by atoms with E-state index in [1.165, 1.54) is 16.7 Å². The van der Waals surface area contributed by atoms with E-state index in [1.54, 1.807) is 17.0 Å². The summed E-state index contributed by atoms with van der Waals surface area (Å²) in [6.45, 7) is 3.11. The number of quaternary nitrogens is 1. The summed E-state index contributed by atoms with van der Waals surface area (Å²) in [4.78, 5) is 28.0. The van der Waals surface area contributed by atoms with Crippen molar-refractivity contribution in [1.82, 2.24) is 4.90 Å². The lowest BCUT2D eigenvalue weighted by atomic mass is 10.0. The number of carbonyl (C=O) groups excluding carboxylic acids is 2. The Hall–Kier alpha value is -3.38. The molecular weight excluding hydrogens is 378 g/mol. The van der Waals surface area contributed by atoms with Crippen molar-refractivity contribution in [1.29, 1.82) is 0 Å². The molecule has 0 atom stereocenters. The minimum absolute atomic E-state index is 0.00340. The average Bonchev–Trinajstić information content (AvgIpc) is 3.31. The number of hydrogen-bond donors (Lipinski definition) is 2. The van der Waals surface area contributed by atoms with Crippen LogP contribution in [0, 0.1) is 0 Å². The molecule has 0 unspecified atom stereocenters. The molecular formula is C24H26N3O3+. The summed E-state index contributed by atoms with van der Waals surface area (Å²) < 4.78 is 5.20. The highest BCUT2D eigenvalue weighted by Crippen LogP contribution is 2.19. The van der Waals surface area contributed by atoms with E-state index in [-0.39, 0.29) is 11.8 Å². The van der Waals surface area contributed by atoms with Crippen LogP contribution in [0.5, 0.6) is 0 Å². The third-order valence-corrected chi connectivity index (χ3v) is 5.43. The zero-order valence-corrected chi connectivity index (χ0v) is 16.8. The van der Waals surface area contributed by atoms with Crippen molar-refractivity contribution in [3.8, 4) is 0 Å². The van der Waals surface area contributed by atoms with E-state index in [0.29, 0.717) is 25.4 Å². The SMILES string of the molecule is O=C(C[NH+]1CCN(C(=O)c2ccco2)CC1)Nc1ccccc1Cc1ccccc1. The van der Waals surface area contributed by atoms with Crippen molar-refractivity contribution in [2.45, 2.75) is 6.42 Å². The second kappa shape index (κ2) is 9.41. The molecule has 3 aromatic rings. The fraction of sp³-hybridized carbons (Fsp3) is 0.250. The number of anilines is 1. The summed E-state index contributed by atoms with van der Waals surface area (Å²) >= 11 is 0. The Labute approximate surface area is 176 Å². The number of rotatable bonds is 6. The van der Waals surface area contributed by atoms with Crippen LogP contribution in [0.3, 0.4) is 0 Å². The lowest BCUT2D eigenvalue weighted by molar-refractivity contribution is -0.895. The Morgan fingerprint density at radius 1 is 0.933 bits per heavy atom. The van der Waals surface area contributed by atoms with Gasteiger partial charge in [0.15, 0.2) is 12.3 Å². The number of carbonyl (C=O) groups is 2. The van der Waals surface area contributed by atoms with Gasteiger partial charge in [0.1, 0.15) is 0 Å². The molecule has 6 heteroatoms. The highest BCUT2D eigenvalue weighted by Gasteiger charge is 2.27. The number of furan rings is 1. The topological polar surface area (TPSA) is 67.0 Å². The van der Waals surface area contributed by atoms with Crippen LogP contribution in [0.1, 0.15) is 21.7 Å². The van der Waals surface area contributed by atoms with E-state index < -0.39 is 0 Å². The zero-order valence-electron chi connectivity index (χ0n) is 16.8. The predicted octanol–water partition coefficient (Wildman–Crippen LogP) is 1.85. The minimum atomic E-state index is -0.0849. The molecule has 2 N–H and O–H groups in total. The molecule has 0 aliphatic carbocycles. The summed E-state index contributed by atoms with van der Waals surface area (Å²) in [6.07, 6.45) is 2.28. The molecule has 6 nitrogen and oxygen atoms in total. The molecule has 0 bridgehead atoms. The van der Waals surface area contributed by atoms with Gasteiger partial charge in [0, 0.05) is 5.69 Å². The molecule has 1 saturated heterocycles. The average molecular weight is 404 g/mol. The monoisotopic (exact) mass is 404 g/mol. The van der Waals surface area contributed by atoms with E-state index in [0.717, 1.165) is 30.8 Å². The molecule has 4 rings (SSSR count). The minimum Gasteiger partial charge on any atom is -0.459 e. The molecule has 2 heterocycles. The summed E-state index contributed by atoms with van der Waals surface area (Å²) in [5.41, 5.74) is 3.17. The van der Waals surface area contributed by atoms with Crippen LogP contribution >= 0.6 is 0 Å². The number of amides is 2. The largest absolute Gasteiger partial charge is 0.459 e. The second-order valence-electron chi connectivity index (χ2n) is 7.56. The number of hydrogen-bond acceptors (Lipinski definition) is 3. The summed E-state index contributed by atoms with van der Waals surface area (Å²) in [6, 6.07) is 21.6.